The van der Waals surface area contributed by atoms with Crippen LogP contribution in [-0.2, 0) is 0 Å². The zero-order valence-electron chi connectivity index (χ0n) is 6.15. The lowest BCUT2D eigenvalue weighted by atomic mass is 10.2. The van der Waals surface area contributed by atoms with Crippen LogP contribution < -0.4 is 0 Å². The summed E-state index contributed by atoms with van der Waals surface area (Å²) in [7, 11) is 0. The first-order valence-electron chi connectivity index (χ1n) is 3.48. The van der Waals surface area contributed by atoms with Crippen LogP contribution in [0, 0.1) is 0 Å². The monoisotopic (exact) mass is 162 g/mol. The molecule has 0 radical (unpaired) electrons. The van der Waals surface area contributed by atoms with E-state index >= 15 is 0 Å². The standard InChI is InChI=1S/C9H6O3/c10-9(11)7-4-6-2-1-3-8(6)12-5-7/h1-5H,(H,10,11). The average molecular weight is 162 g/mol. The van der Waals surface area contributed by atoms with Gasteiger partial charge in [0.05, 0.1) is 5.56 Å². The van der Waals surface area contributed by atoms with E-state index in [0.29, 0.717) is 5.76 Å². The SMILES string of the molecule is O=C(O)c1coc2cccc-2c1. The zero-order valence-corrected chi connectivity index (χ0v) is 6.15. The smallest absolute Gasteiger partial charge is 0.338 e. The molecular weight excluding hydrogens is 156 g/mol. The second-order valence-electron chi connectivity index (χ2n) is 2.49. The molecule has 3 nitrogen and oxygen atoms in total. The van der Waals surface area contributed by atoms with Crippen LogP contribution >= 0.6 is 0 Å². The first kappa shape index (κ1) is 6.91. The van der Waals surface area contributed by atoms with Crippen molar-refractivity contribution in [2.24, 2.45) is 0 Å². The van der Waals surface area contributed by atoms with Crippen LogP contribution in [0.3, 0.4) is 0 Å². The van der Waals surface area contributed by atoms with Crippen molar-refractivity contribution < 1.29 is 14.3 Å². The molecule has 0 bridgehead atoms. The third kappa shape index (κ3) is 0.955. The summed E-state index contributed by atoms with van der Waals surface area (Å²) in [4.78, 5) is 10.5. The molecule has 0 fully saturated rings. The van der Waals surface area contributed by atoms with E-state index in [2.05, 4.69) is 0 Å². The number of rotatable bonds is 1. The summed E-state index contributed by atoms with van der Waals surface area (Å²) in [5, 5.41) is 8.62. The number of aromatic carboxylic acids is 1. The van der Waals surface area contributed by atoms with E-state index in [1.165, 1.54) is 6.26 Å². The molecule has 0 saturated carbocycles. The Hall–Kier alpha value is -1.77. The first-order chi connectivity index (χ1) is 5.77. The number of carbonyl (C=O) groups is 1. The molecule has 0 aromatic heterocycles. The van der Waals surface area contributed by atoms with Gasteiger partial charge in [-0.3, -0.25) is 0 Å². The molecule has 1 heterocycles. The van der Waals surface area contributed by atoms with E-state index in [9.17, 15) is 4.79 Å². The van der Waals surface area contributed by atoms with Gasteiger partial charge in [0.25, 0.3) is 0 Å². The van der Waals surface area contributed by atoms with Gasteiger partial charge in [-0.1, -0.05) is 12.1 Å². The van der Waals surface area contributed by atoms with E-state index in [4.69, 9.17) is 9.52 Å². The summed E-state index contributed by atoms with van der Waals surface area (Å²) in [5.74, 6) is -0.262. The normalized spacial score (nSPS) is 10.3. The Kier molecular flexibility index (Phi) is 1.37. The van der Waals surface area contributed by atoms with E-state index in [0.717, 1.165) is 5.56 Å². The Bertz CT molecular complexity index is 389. The molecule has 1 aliphatic heterocycles. The van der Waals surface area contributed by atoms with Crippen molar-refractivity contribution in [2.75, 3.05) is 0 Å². The fraction of sp³-hybridized carbons (Fsp3) is 0. The van der Waals surface area contributed by atoms with Gasteiger partial charge < -0.3 is 9.52 Å². The molecular formula is C9H6O3. The molecule has 0 unspecified atom stereocenters. The van der Waals surface area contributed by atoms with Crippen LogP contribution in [0.4, 0.5) is 0 Å². The third-order valence-electron chi connectivity index (χ3n) is 1.68. The van der Waals surface area contributed by atoms with Crippen LogP contribution in [0.25, 0.3) is 11.3 Å². The largest absolute Gasteiger partial charge is 0.478 e. The summed E-state index contributed by atoms with van der Waals surface area (Å²) >= 11 is 0. The molecule has 0 aromatic carbocycles. The van der Waals surface area contributed by atoms with Crippen molar-refractivity contribution in [3.63, 3.8) is 0 Å². The number of carboxylic acid groups (broad SMARTS) is 1. The molecule has 0 saturated heterocycles. The zero-order chi connectivity index (χ0) is 8.55. The maximum absolute atomic E-state index is 10.5. The van der Waals surface area contributed by atoms with Crippen LogP contribution in [0.15, 0.2) is 34.9 Å². The van der Waals surface area contributed by atoms with Crippen molar-refractivity contribution in [1.29, 1.82) is 0 Å². The molecule has 60 valence electrons. The van der Waals surface area contributed by atoms with Gasteiger partial charge in [-0.05, 0) is 12.1 Å². The lowest BCUT2D eigenvalue weighted by molar-refractivity contribution is 0.0694. The molecule has 2 rings (SSSR count). The average Bonchev–Trinajstić information content (AvgIpc) is 2.49. The van der Waals surface area contributed by atoms with Crippen LogP contribution in [0.5, 0.6) is 0 Å². The van der Waals surface area contributed by atoms with Crippen LogP contribution in [-0.4, -0.2) is 11.1 Å². The molecule has 2 aliphatic rings. The lowest BCUT2D eigenvalue weighted by Crippen LogP contribution is -1.95. The predicted octanol–water partition coefficient (Wildman–Crippen LogP) is 2.08. The Labute approximate surface area is 68.6 Å². The minimum absolute atomic E-state index is 0.175. The molecule has 0 atom stereocenters. The molecule has 0 amide bonds. The van der Waals surface area contributed by atoms with Crippen molar-refractivity contribution in [1.82, 2.24) is 0 Å². The van der Waals surface area contributed by atoms with Gasteiger partial charge in [-0.25, -0.2) is 4.79 Å². The summed E-state index contributed by atoms with van der Waals surface area (Å²) < 4.78 is 5.06. The lowest BCUT2D eigenvalue weighted by Gasteiger charge is -1.98. The van der Waals surface area contributed by atoms with E-state index in [1.807, 2.05) is 12.1 Å². The van der Waals surface area contributed by atoms with Gasteiger partial charge in [-0.2, -0.15) is 0 Å². The molecule has 0 aromatic rings. The maximum Gasteiger partial charge on any atom is 0.338 e. The minimum Gasteiger partial charge on any atom is -0.478 e. The highest BCUT2D eigenvalue weighted by atomic mass is 16.4. The Morgan fingerprint density at radius 2 is 2.25 bits per heavy atom. The van der Waals surface area contributed by atoms with Crippen molar-refractivity contribution >= 4 is 5.97 Å². The topological polar surface area (TPSA) is 50.4 Å². The number of carboxylic acids is 1. The third-order valence-corrected chi connectivity index (χ3v) is 1.68. The second-order valence-corrected chi connectivity index (χ2v) is 2.49. The van der Waals surface area contributed by atoms with Crippen molar-refractivity contribution in [3.05, 3.63) is 36.1 Å². The highest BCUT2D eigenvalue weighted by Crippen LogP contribution is 2.23. The highest BCUT2D eigenvalue weighted by Gasteiger charge is 2.09. The molecule has 12 heavy (non-hydrogen) atoms. The molecule has 3 heteroatoms. The number of fused-ring (bicyclic) bond motifs is 1. The van der Waals surface area contributed by atoms with Gasteiger partial charge in [0, 0.05) is 5.56 Å². The molecule has 1 N–H and O–H groups in total. The summed E-state index contributed by atoms with van der Waals surface area (Å²) in [6.07, 6.45) is 1.24. The van der Waals surface area contributed by atoms with E-state index in [-0.39, 0.29) is 5.56 Å². The van der Waals surface area contributed by atoms with Gasteiger partial charge in [0.1, 0.15) is 12.0 Å². The number of hydrogen-bond acceptors (Lipinski definition) is 2. The summed E-state index contributed by atoms with van der Waals surface area (Å²) in [5.41, 5.74) is 0.989. The van der Waals surface area contributed by atoms with E-state index < -0.39 is 5.97 Å². The fourth-order valence-corrected chi connectivity index (χ4v) is 1.08. The number of hydrogen-bond donors (Lipinski definition) is 1. The van der Waals surface area contributed by atoms with Crippen LogP contribution in [0.2, 0.25) is 0 Å². The fourth-order valence-electron chi connectivity index (χ4n) is 1.08. The quantitative estimate of drug-likeness (QED) is 0.698. The van der Waals surface area contributed by atoms with Crippen molar-refractivity contribution in [3.8, 4) is 11.3 Å². The Morgan fingerprint density at radius 3 is 3.00 bits per heavy atom. The second kappa shape index (κ2) is 2.37. The van der Waals surface area contributed by atoms with Gasteiger partial charge in [0.2, 0.25) is 0 Å². The van der Waals surface area contributed by atoms with Gasteiger partial charge in [0.15, 0.2) is 0 Å². The van der Waals surface area contributed by atoms with Crippen LogP contribution in [0.1, 0.15) is 10.4 Å². The van der Waals surface area contributed by atoms with Crippen molar-refractivity contribution in [2.45, 2.75) is 0 Å². The molecule has 0 spiro atoms. The maximum atomic E-state index is 10.5. The Morgan fingerprint density at radius 1 is 1.42 bits per heavy atom. The molecule has 1 aliphatic carbocycles. The predicted molar refractivity (Wildman–Crippen MR) is 42.3 cm³/mol. The highest BCUT2D eigenvalue weighted by molar-refractivity contribution is 5.88. The first-order valence-corrected chi connectivity index (χ1v) is 3.48. The summed E-state index contributed by atoms with van der Waals surface area (Å²) in [6.45, 7) is 0. The summed E-state index contributed by atoms with van der Waals surface area (Å²) in [6, 6.07) is 7.01. The van der Waals surface area contributed by atoms with E-state index in [1.54, 1.807) is 12.1 Å². The Balaban J connectivity index is 2.62. The minimum atomic E-state index is -0.971. The van der Waals surface area contributed by atoms with Gasteiger partial charge in [-0.15, -0.1) is 0 Å². The van der Waals surface area contributed by atoms with Gasteiger partial charge >= 0.3 is 5.97 Å².